The summed E-state index contributed by atoms with van der Waals surface area (Å²) in [5, 5.41) is 17.4. The first-order chi connectivity index (χ1) is 15.1. The molecule has 7 N–H and O–H groups in total. The summed E-state index contributed by atoms with van der Waals surface area (Å²) in [5.74, 6) is 3.69. The Morgan fingerprint density at radius 3 is 2.41 bits per heavy atom. The number of carbonyl (C=O) groups excluding carboxylic acids is 2. The first-order valence-corrected chi connectivity index (χ1v) is 9.88. The van der Waals surface area contributed by atoms with Crippen LogP contribution in [-0.4, -0.2) is 40.9 Å². The molecule has 2 rings (SSSR count). The minimum absolute atomic E-state index is 0.0936. The number of amides is 3. The molecule has 3 amide bonds. The second-order valence-corrected chi connectivity index (χ2v) is 8.07. The largest absolute Gasteiger partial charge is 0.480 e. The molecule has 0 spiro atoms. The molecular weight excluding hydrogens is 412 g/mol. The van der Waals surface area contributed by atoms with Gasteiger partial charge in [-0.3, -0.25) is 4.79 Å². The van der Waals surface area contributed by atoms with E-state index in [1.54, 1.807) is 69.3 Å². The molecule has 2 aromatic carbocycles. The van der Waals surface area contributed by atoms with Gasteiger partial charge in [-0.25, -0.2) is 20.4 Å². The quantitative estimate of drug-likeness (QED) is 0.160. The van der Waals surface area contributed by atoms with Crippen LogP contribution in [0.2, 0.25) is 0 Å². The smallest absolute Gasteiger partial charge is 0.326 e. The van der Waals surface area contributed by atoms with Crippen LogP contribution in [0.5, 0.6) is 0 Å². The highest BCUT2D eigenvalue weighted by atomic mass is 16.4. The Labute approximate surface area is 186 Å². The zero-order chi connectivity index (χ0) is 23.7. The molecule has 0 aliphatic carbocycles. The topological polar surface area (TPSA) is 158 Å². The van der Waals surface area contributed by atoms with Gasteiger partial charge < -0.3 is 26.5 Å². The molecule has 170 valence electrons. The number of urea groups is 1. The van der Waals surface area contributed by atoms with E-state index in [1.165, 1.54) is 6.34 Å². The molecule has 10 nitrogen and oxygen atoms in total. The Morgan fingerprint density at radius 2 is 1.81 bits per heavy atom. The highest BCUT2D eigenvalue weighted by molar-refractivity contribution is 6.04. The third kappa shape index (κ3) is 8.07. The van der Waals surface area contributed by atoms with Crippen LogP contribution in [0, 0.1) is 0 Å². The Morgan fingerprint density at radius 1 is 1.12 bits per heavy atom. The monoisotopic (exact) mass is 440 g/mol. The Hall–Kier alpha value is -3.92. The second-order valence-electron chi connectivity index (χ2n) is 8.07. The van der Waals surface area contributed by atoms with Crippen molar-refractivity contribution in [1.29, 1.82) is 0 Å². The van der Waals surface area contributed by atoms with Crippen molar-refractivity contribution in [3.05, 3.63) is 59.7 Å². The number of rotatable bonds is 8. The van der Waals surface area contributed by atoms with Gasteiger partial charge >= 0.3 is 12.0 Å². The van der Waals surface area contributed by atoms with E-state index in [9.17, 15) is 19.5 Å². The molecule has 0 heterocycles. The summed E-state index contributed by atoms with van der Waals surface area (Å²) in [7, 11) is 0. The lowest BCUT2D eigenvalue weighted by Gasteiger charge is -2.23. The van der Waals surface area contributed by atoms with Crippen molar-refractivity contribution >= 4 is 35.6 Å². The number of carboxylic acid groups (broad SMARTS) is 1. The third-order valence-electron chi connectivity index (χ3n) is 4.14. The molecule has 0 aromatic heterocycles. The van der Waals surface area contributed by atoms with Gasteiger partial charge in [-0.1, -0.05) is 18.2 Å². The first-order valence-electron chi connectivity index (χ1n) is 9.88. The normalized spacial score (nSPS) is 12.1. The van der Waals surface area contributed by atoms with Gasteiger partial charge in [0.25, 0.3) is 5.91 Å². The van der Waals surface area contributed by atoms with Gasteiger partial charge in [0.05, 0.1) is 5.69 Å². The maximum atomic E-state index is 12.5. The number of benzene rings is 2. The molecule has 10 heteroatoms. The third-order valence-corrected chi connectivity index (χ3v) is 4.14. The van der Waals surface area contributed by atoms with Gasteiger partial charge in [-0.15, -0.1) is 0 Å². The molecule has 32 heavy (non-hydrogen) atoms. The highest BCUT2D eigenvalue weighted by Gasteiger charge is 2.22. The summed E-state index contributed by atoms with van der Waals surface area (Å²) < 4.78 is 0. The number of aliphatic imine (C=N–C) groups is 1. The van der Waals surface area contributed by atoms with Gasteiger partial charge in [-0.2, -0.15) is 0 Å². The van der Waals surface area contributed by atoms with Crippen molar-refractivity contribution in [2.75, 3.05) is 5.32 Å². The average molecular weight is 441 g/mol. The summed E-state index contributed by atoms with van der Waals surface area (Å²) in [6.45, 7) is 5.41. The molecule has 1 unspecified atom stereocenters. The molecule has 1 atom stereocenters. The lowest BCUT2D eigenvalue weighted by Crippen LogP contribution is -2.52. The second kappa shape index (κ2) is 10.9. The highest BCUT2D eigenvalue weighted by Crippen LogP contribution is 2.16. The maximum absolute atomic E-state index is 12.5. The van der Waals surface area contributed by atoms with Crippen LogP contribution in [-0.2, 0) is 11.2 Å². The molecule has 2 aromatic rings. The number of carbonyl (C=O) groups is 3. The number of anilines is 1. The van der Waals surface area contributed by atoms with E-state index in [2.05, 4.69) is 26.4 Å². The van der Waals surface area contributed by atoms with Crippen LogP contribution >= 0.6 is 0 Å². The predicted molar refractivity (Wildman–Crippen MR) is 123 cm³/mol. The number of hydrazine groups is 1. The lowest BCUT2D eigenvalue weighted by molar-refractivity contribution is -0.139. The number of nitrogens with zero attached hydrogens (tertiary/aromatic N) is 1. The number of nitrogens with two attached hydrogens (primary N) is 1. The number of nitrogens with one attached hydrogen (secondary N) is 4. The van der Waals surface area contributed by atoms with Crippen LogP contribution in [0.4, 0.5) is 16.2 Å². The van der Waals surface area contributed by atoms with E-state index < -0.39 is 23.6 Å². The fourth-order valence-corrected chi connectivity index (χ4v) is 2.74. The van der Waals surface area contributed by atoms with Gasteiger partial charge in [0.1, 0.15) is 12.4 Å². The molecule has 0 aliphatic heterocycles. The molecule has 0 saturated heterocycles. The number of hydrogen-bond donors (Lipinski definition) is 6. The van der Waals surface area contributed by atoms with Gasteiger partial charge in [0.15, 0.2) is 0 Å². The summed E-state index contributed by atoms with van der Waals surface area (Å²) in [4.78, 5) is 40.1. The fraction of sp³-hybridized carbons (Fsp3) is 0.273. The summed E-state index contributed by atoms with van der Waals surface area (Å²) in [5.41, 5.74) is 4.02. The predicted octanol–water partition coefficient (Wildman–Crippen LogP) is 2.16. The van der Waals surface area contributed by atoms with Crippen molar-refractivity contribution in [2.45, 2.75) is 38.8 Å². The number of hydrogen-bond acceptors (Lipinski definition) is 5. The molecule has 0 aliphatic rings. The average Bonchev–Trinajstić information content (AvgIpc) is 2.72. The van der Waals surface area contributed by atoms with Crippen molar-refractivity contribution in [3.63, 3.8) is 0 Å². The van der Waals surface area contributed by atoms with Crippen LogP contribution in [0.25, 0.3) is 0 Å². The standard InChI is InChI=1S/C22H28N6O4/c1-22(2,3)28-21(32)27-18(20(30)31)11-14-7-9-16(10-8-14)26-19(29)15-5-4-6-17(12-15)24-13-25-23/h4-10,12-13,18H,11,23H2,1-3H3,(H,24,25)(H,26,29)(H,30,31)(H2,27,28,32). The molecular formula is C22H28N6O4. The minimum Gasteiger partial charge on any atom is -0.480 e. The van der Waals surface area contributed by atoms with Gasteiger partial charge in [0.2, 0.25) is 0 Å². The van der Waals surface area contributed by atoms with E-state index in [-0.39, 0.29) is 12.3 Å². The first kappa shape index (κ1) is 24.4. The molecule has 0 saturated carbocycles. The van der Waals surface area contributed by atoms with E-state index in [0.29, 0.717) is 22.5 Å². The maximum Gasteiger partial charge on any atom is 0.326 e. The van der Waals surface area contributed by atoms with E-state index in [1.807, 2.05) is 0 Å². The summed E-state index contributed by atoms with van der Waals surface area (Å²) in [6, 6.07) is 11.8. The van der Waals surface area contributed by atoms with Crippen LogP contribution in [0.1, 0.15) is 36.7 Å². The molecule has 0 bridgehead atoms. The molecule has 0 radical (unpaired) electrons. The van der Waals surface area contributed by atoms with Crippen molar-refractivity contribution in [2.24, 2.45) is 10.8 Å². The van der Waals surface area contributed by atoms with E-state index in [4.69, 9.17) is 5.84 Å². The van der Waals surface area contributed by atoms with Crippen molar-refractivity contribution in [3.8, 4) is 0 Å². The van der Waals surface area contributed by atoms with Crippen molar-refractivity contribution in [1.82, 2.24) is 16.1 Å². The Balaban J connectivity index is 2.01. The zero-order valence-corrected chi connectivity index (χ0v) is 18.2. The fourth-order valence-electron chi connectivity index (χ4n) is 2.74. The number of aliphatic carboxylic acids is 1. The van der Waals surface area contributed by atoms with E-state index >= 15 is 0 Å². The Kier molecular flexibility index (Phi) is 8.31. The SMILES string of the molecule is CC(C)(C)NC(=O)NC(Cc1ccc(NC(=O)c2cccc(N=CNN)c2)cc1)C(=O)O. The van der Waals surface area contributed by atoms with Crippen molar-refractivity contribution < 1.29 is 19.5 Å². The summed E-state index contributed by atoms with van der Waals surface area (Å²) >= 11 is 0. The van der Waals surface area contributed by atoms with Gasteiger partial charge in [0, 0.05) is 23.2 Å². The van der Waals surface area contributed by atoms with E-state index in [0.717, 1.165) is 0 Å². The molecule has 0 fully saturated rings. The van der Waals surface area contributed by atoms with Crippen LogP contribution in [0.15, 0.2) is 53.5 Å². The van der Waals surface area contributed by atoms with Crippen LogP contribution < -0.4 is 27.2 Å². The van der Waals surface area contributed by atoms with Gasteiger partial charge in [-0.05, 0) is 56.7 Å². The summed E-state index contributed by atoms with van der Waals surface area (Å²) in [6.07, 6.45) is 1.40. The number of carboxylic acids is 1. The Bertz CT molecular complexity index is 983. The zero-order valence-electron chi connectivity index (χ0n) is 18.2. The lowest BCUT2D eigenvalue weighted by atomic mass is 10.1. The van der Waals surface area contributed by atoms with Crippen LogP contribution in [0.3, 0.4) is 0 Å². The minimum atomic E-state index is -1.14.